The number of pyridine rings is 1. The quantitative estimate of drug-likeness (QED) is 0.175. The van der Waals surface area contributed by atoms with Crippen LogP contribution >= 0.6 is 0 Å². The maximum absolute atomic E-state index is 14.3. The minimum absolute atomic E-state index is 0.0454. The number of halogens is 1. The SMILES string of the molecule is Cc1ccc2c([se]c3c(-c4cccc(-c5ccccc5)c4)c(C#N)ccc32)c1-c1cc(F)cc[n+]1C. The molecule has 2 aromatic heterocycles. The second-order valence-electron chi connectivity index (χ2n) is 9.00. The summed E-state index contributed by atoms with van der Waals surface area (Å²) in [5, 5.41) is 12.4. The van der Waals surface area contributed by atoms with Gasteiger partial charge in [-0.15, -0.1) is 0 Å². The molecule has 0 aliphatic carbocycles. The second-order valence-corrected chi connectivity index (χ2v) is 11.1. The fourth-order valence-corrected chi connectivity index (χ4v) is 8.08. The maximum atomic E-state index is 14.3. The van der Waals surface area contributed by atoms with Crippen LogP contribution in [0.5, 0.6) is 0 Å². The van der Waals surface area contributed by atoms with Crippen LogP contribution in [0.15, 0.2) is 97.2 Å². The molecular weight excluding hydrogens is 510 g/mol. The molecule has 172 valence electrons. The van der Waals surface area contributed by atoms with E-state index in [1.807, 2.05) is 35.9 Å². The van der Waals surface area contributed by atoms with Crippen LogP contribution in [0.3, 0.4) is 0 Å². The number of rotatable bonds is 3. The van der Waals surface area contributed by atoms with Gasteiger partial charge in [0.05, 0.1) is 0 Å². The fourth-order valence-electron chi connectivity index (χ4n) is 4.98. The Balaban J connectivity index is 1.67. The standard InChI is InChI=1S/C32H22FN2Se/c1-20-11-13-26-27-14-12-24(19-34)30(23-10-6-9-22(17-23)21-7-4-3-5-8-21)32(27)36-31(26)29(20)28-18-25(33)15-16-35(28)2/h3-18H,1-2H3/q+1. The molecule has 0 aliphatic rings. The number of nitrogens with zero attached hydrogens (tertiary/aromatic N) is 2. The number of hydrogen-bond donors (Lipinski definition) is 0. The van der Waals surface area contributed by atoms with E-state index < -0.39 is 0 Å². The van der Waals surface area contributed by atoms with Crippen LogP contribution < -0.4 is 4.57 Å². The Hall–Kier alpha value is -4.03. The van der Waals surface area contributed by atoms with E-state index in [0.29, 0.717) is 5.56 Å². The number of aryl methyl sites for hydroxylation is 2. The fraction of sp³-hybridized carbons (Fsp3) is 0.0625. The van der Waals surface area contributed by atoms with Crippen molar-refractivity contribution in [1.82, 2.24) is 0 Å². The van der Waals surface area contributed by atoms with Crippen molar-refractivity contribution < 1.29 is 8.96 Å². The summed E-state index contributed by atoms with van der Waals surface area (Å²) < 4.78 is 18.7. The monoisotopic (exact) mass is 533 g/mol. The molecular formula is C32H22FN2Se+. The Kier molecular flexibility index (Phi) is 5.53. The van der Waals surface area contributed by atoms with Crippen LogP contribution in [0.1, 0.15) is 11.1 Å². The summed E-state index contributed by atoms with van der Waals surface area (Å²) in [5.41, 5.74) is 8.10. The van der Waals surface area contributed by atoms with Crippen LogP contribution in [0.2, 0.25) is 0 Å². The molecule has 0 bridgehead atoms. The van der Waals surface area contributed by atoms with Gasteiger partial charge in [-0.05, 0) is 0 Å². The zero-order valence-corrected chi connectivity index (χ0v) is 21.6. The predicted octanol–water partition coefficient (Wildman–Crippen LogP) is 7.19. The molecule has 4 aromatic carbocycles. The number of hydrogen-bond acceptors (Lipinski definition) is 1. The molecule has 0 amide bonds. The summed E-state index contributed by atoms with van der Waals surface area (Å²) in [7, 11) is 1.96. The van der Waals surface area contributed by atoms with Gasteiger partial charge in [-0.2, -0.15) is 0 Å². The topological polar surface area (TPSA) is 27.7 Å². The van der Waals surface area contributed by atoms with Crippen molar-refractivity contribution in [3.05, 3.63) is 114 Å². The molecule has 6 aromatic rings. The molecule has 0 saturated heterocycles. The van der Waals surface area contributed by atoms with E-state index >= 15 is 0 Å². The third-order valence-corrected chi connectivity index (χ3v) is 9.40. The summed E-state index contributed by atoms with van der Waals surface area (Å²) in [6.07, 6.45) is 1.77. The van der Waals surface area contributed by atoms with Crippen molar-refractivity contribution in [3.63, 3.8) is 0 Å². The van der Waals surface area contributed by atoms with Crippen LogP contribution in [0, 0.1) is 24.1 Å². The summed E-state index contributed by atoms with van der Waals surface area (Å²) in [5.74, 6) is -0.242. The summed E-state index contributed by atoms with van der Waals surface area (Å²) in [4.78, 5) is 0. The molecule has 6 rings (SSSR count). The molecule has 2 heterocycles. The van der Waals surface area contributed by atoms with Crippen molar-refractivity contribution in [3.8, 4) is 39.6 Å². The third kappa shape index (κ3) is 3.65. The molecule has 0 radical (unpaired) electrons. The van der Waals surface area contributed by atoms with Crippen molar-refractivity contribution in [2.75, 3.05) is 0 Å². The molecule has 0 spiro atoms. The molecule has 0 N–H and O–H groups in total. The second kappa shape index (κ2) is 8.88. The first-order chi connectivity index (χ1) is 17.5. The summed E-state index contributed by atoms with van der Waals surface area (Å²) in [6, 6.07) is 32.6. The van der Waals surface area contributed by atoms with Gasteiger partial charge in [-0.25, -0.2) is 0 Å². The van der Waals surface area contributed by atoms with Gasteiger partial charge in [-0.3, -0.25) is 0 Å². The average molecular weight is 533 g/mol. The normalized spacial score (nSPS) is 11.2. The predicted molar refractivity (Wildman–Crippen MR) is 145 cm³/mol. The zero-order chi connectivity index (χ0) is 24.8. The molecule has 36 heavy (non-hydrogen) atoms. The van der Waals surface area contributed by atoms with Crippen molar-refractivity contribution in [2.45, 2.75) is 6.92 Å². The molecule has 0 aliphatic heterocycles. The van der Waals surface area contributed by atoms with Gasteiger partial charge in [0.15, 0.2) is 0 Å². The van der Waals surface area contributed by atoms with E-state index in [4.69, 9.17) is 0 Å². The number of aromatic nitrogens is 1. The van der Waals surface area contributed by atoms with Gasteiger partial charge < -0.3 is 0 Å². The summed E-state index contributed by atoms with van der Waals surface area (Å²) in [6.45, 7) is 2.09. The van der Waals surface area contributed by atoms with Crippen LogP contribution in [0.4, 0.5) is 4.39 Å². The Morgan fingerprint density at radius 1 is 0.750 bits per heavy atom. The molecule has 0 saturated carbocycles. The van der Waals surface area contributed by atoms with E-state index in [1.165, 1.54) is 25.4 Å². The molecule has 2 nitrogen and oxygen atoms in total. The van der Waals surface area contributed by atoms with Crippen LogP contribution in [0.25, 0.3) is 52.8 Å². The Bertz CT molecular complexity index is 1830. The molecule has 4 heteroatoms. The van der Waals surface area contributed by atoms with Gasteiger partial charge in [0.1, 0.15) is 0 Å². The van der Waals surface area contributed by atoms with Crippen molar-refractivity contribution >= 4 is 33.8 Å². The van der Waals surface area contributed by atoms with Gasteiger partial charge in [0, 0.05) is 0 Å². The Labute approximate surface area is 215 Å². The van der Waals surface area contributed by atoms with E-state index in [9.17, 15) is 9.65 Å². The molecule has 0 atom stereocenters. The van der Waals surface area contributed by atoms with Gasteiger partial charge in [-0.1, -0.05) is 0 Å². The van der Waals surface area contributed by atoms with Crippen molar-refractivity contribution in [2.24, 2.45) is 7.05 Å². The van der Waals surface area contributed by atoms with E-state index in [0.717, 1.165) is 39.1 Å². The van der Waals surface area contributed by atoms with E-state index in [2.05, 4.69) is 67.6 Å². The van der Waals surface area contributed by atoms with Gasteiger partial charge >= 0.3 is 216 Å². The molecule has 0 fully saturated rings. The zero-order valence-electron chi connectivity index (χ0n) is 19.9. The number of nitriles is 1. The average Bonchev–Trinajstić information content (AvgIpc) is 3.28. The van der Waals surface area contributed by atoms with E-state index in [-0.39, 0.29) is 20.3 Å². The third-order valence-electron chi connectivity index (χ3n) is 6.76. The van der Waals surface area contributed by atoms with Crippen LogP contribution in [-0.4, -0.2) is 14.5 Å². The van der Waals surface area contributed by atoms with Gasteiger partial charge in [0.25, 0.3) is 0 Å². The van der Waals surface area contributed by atoms with Gasteiger partial charge in [0.2, 0.25) is 0 Å². The van der Waals surface area contributed by atoms with Crippen molar-refractivity contribution in [1.29, 1.82) is 5.26 Å². The Morgan fingerprint density at radius 2 is 1.44 bits per heavy atom. The first-order valence-electron chi connectivity index (χ1n) is 11.8. The molecule has 0 unspecified atom stereocenters. The first-order valence-corrected chi connectivity index (χ1v) is 13.5. The van der Waals surface area contributed by atoms with Crippen LogP contribution in [-0.2, 0) is 7.05 Å². The summed E-state index contributed by atoms with van der Waals surface area (Å²) >= 11 is -0.0454. The van der Waals surface area contributed by atoms with E-state index in [1.54, 1.807) is 12.3 Å². The number of benzene rings is 4. The Morgan fingerprint density at radius 3 is 2.22 bits per heavy atom. The minimum atomic E-state index is -0.242. The first kappa shape index (κ1) is 22.4. The number of fused-ring (bicyclic) bond motifs is 3.